The number of aliphatic imine (C=N–C) groups is 1. The van der Waals surface area contributed by atoms with Gasteiger partial charge < -0.3 is 10.6 Å². The van der Waals surface area contributed by atoms with Crippen LogP contribution in [0.15, 0.2) is 23.3 Å². The van der Waals surface area contributed by atoms with Gasteiger partial charge in [0.15, 0.2) is 5.96 Å². The average Bonchev–Trinajstić information content (AvgIpc) is 2.38. The summed E-state index contributed by atoms with van der Waals surface area (Å²) in [4.78, 5) is 8.68. The van der Waals surface area contributed by atoms with E-state index in [4.69, 9.17) is 0 Å². The van der Waals surface area contributed by atoms with Gasteiger partial charge in [0, 0.05) is 19.3 Å². The molecule has 1 aromatic heterocycles. The summed E-state index contributed by atoms with van der Waals surface area (Å²) in [5.74, 6) is 0.898. The van der Waals surface area contributed by atoms with E-state index in [-0.39, 0.29) is 0 Å². The van der Waals surface area contributed by atoms with Gasteiger partial charge in [-0.15, -0.1) is 0 Å². The van der Waals surface area contributed by atoms with Crippen molar-refractivity contribution >= 4 is 5.96 Å². The summed E-state index contributed by atoms with van der Waals surface area (Å²) in [6, 6.07) is 4.19. The average molecular weight is 218 g/mol. The van der Waals surface area contributed by atoms with E-state index in [0.29, 0.717) is 0 Å². The molecule has 1 aliphatic rings. The third-order valence-electron chi connectivity index (χ3n) is 2.62. The van der Waals surface area contributed by atoms with Crippen molar-refractivity contribution in [3.63, 3.8) is 0 Å². The Balaban J connectivity index is 1.91. The number of guanidine groups is 1. The SMILES string of the molecule is CCc1ccnc(CNC2=NCCCN2)c1. The Morgan fingerprint density at radius 2 is 2.44 bits per heavy atom. The summed E-state index contributed by atoms with van der Waals surface area (Å²) in [7, 11) is 0. The monoisotopic (exact) mass is 218 g/mol. The smallest absolute Gasteiger partial charge is 0.191 e. The molecule has 0 aliphatic carbocycles. The molecule has 16 heavy (non-hydrogen) atoms. The number of hydrogen-bond donors (Lipinski definition) is 2. The highest BCUT2D eigenvalue weighted by Gasteiger charge is 2.03. The van der Waals surface area contributed by atoms with Crippen molar-refractivity contribution in [2.24, 2.45) is 4.99 Å². The van der Waals surface area contributed by atoms with Gasteiger partial charge in [-0.1, -0.05) is 6.92 Å². The van der Waals surface area contributed by atoms with Crippen LogP contribution in [0, 0.1) is 0 Å². The molecular weight excluding hydrogens is 200 g/mol. The minimum Gasteiger partial charge on any atom is -0.356 e. The highest BCUT2D eigenvalue weighted by atomic mass is 15.2. The van der Waals surface area contributed by atoms with E-state index >= 15 is 0 Å². The first-order valence-electron chi connectivity index (χ1n) is 5.84. The Morgan fingerprint density at radius 3 is 3.19 bits per heavy atom. The van der Waals surface area contributed by atoms with Crippen LogP contribution >= 0.6 is 0 Å². The van der Waals surface area contributed by atoms with Crippen molar-refractivity contribution in [2.75, 3.05) is 13.1 Å². The second kappa shape index (κ2) is 5.49. The van der Waals surface area contributed by atoms with E-state index in [1.807, 2.05) is 6.20 Å². The summed E-state index contributed by atoms with van der Waals surface area (Å²) in [6.45, 7) is 4.81. The van der Waals surface area contributed by atoms with Gasteiger partial charge in [-0.3, -0.25) is 9.98 Å². The number of hydrogen-bond acceptors (Lipinski definition) is 4. The Hall–Kier alpha value is -1.58. The van der Waals surface area contributed by atoms with E-state index in [9.17, 15) is 0 Å². The summed E-state index contributed by atoms with van der Waals surface area (Å²) in [5.41, 5.74) is 2.39. The van der Waals surface area contributed by atoms with Gasteiger partial charge in [-0.2, -0.15) is 0 Å². The first-order valence-corrected chi connectivity index (χ1v) is 5.84. The molecule has 0 spiro atoms. The fraction of sp³-hybridized carbons (Fsp3) is 0.500. The molecule has 0 unspecified atom stereocenters. The van der Waals surface area contributed by atoms with Gasteiger partial charge in [-0.05, 0) is 30.5 Å². The molecule has 0 radical (unpaired) electrons. The van der Waals surface area contributed by atoms with Crippen LogP contribution in [0.3, 0.4) is 0 Å². The van der Waals surface area contributed by atoms with Crippen molar-refractivity contribution in [3.05, 3.63) is 29.6 Å². The zero-order valence-electron chi connectivity index (χ0n) is 9.66. The molecule has 2 N–H and O–H groups in total. The van der Waals surface area contributed by atoms with Gasteiger partial charge >= 0.3 is 0 Å². The lowest BCUT2D eigenvalue weighted by Gasteiger charge is -2.15. The highest BCUT2D eigenvalue weighted by molar-refractivity contribution is 5.80. The molecule has 4 heteroatoms. The molecule has 2 rings (SSSR count). The normalized spacial score (nSPS) is 15.2. The number of nitrogens with zero attached hydrogens (tertiary/aromatic N) is 2. The summed E-state index contributed by atoms with van der Waals surface area (Å²) in [6.07, 6.45) is 4.04. The van der Waals surface area contributed by atoms with E-state index in [1.165, 1.54) is 5.56 Å². The van der Waals surface area contributed by atoms with E-state index in [2.05, 4.69) is 39.7 Å². The van der Waals surface area contributed by atoms with E-state index in [1.54, 1.807) is 0 Å². The maximum atomic E-state index is 4.35. The second-order valence-corrected chi connectivity index (χ2v) is 3.87. The molecule has 1 aliphatic heterocycles. The molecule has 86 valence electrons. The van der Waals surface area contributed by atoms with E-state index < -0.39 is 0 Å². The Kier molecular flexibility index (Phi) is 3.75. The van der Waals surface area contributed by atoms with Crippen molar-refractivity contribution in [3.8, 4) is 0 Å². The zero-order valence-corrected chi connectivity index (χ0v) is 9.66. The summed E-state index contributed by atoms with van der Waals surface area (Å²) < 4.78 is 0. The van der Waals surface area contributed by atoms with Crippen LogP contribution in [0.4, 0.5) is 0 Å². The van der Waals surface area contributed by atoms with Crippen LogP contribution in [0.5, 0.6) is 0 Å². The number of rotatable bonds is 3. The number of pyridine rings is 1. The maximum absolute atomic E-state index is 4.35. The van der Waals surface area contributed by atoms with Gasteiger partial charge in [0.2, 0.25) is 0 Å². The fourth-order valence-corrected chi connectivity index (χ4v) is 1.67. The van der Waals surface area contributed by atoms with Crippen LogP contribution in [0.2, 0.25) is 0 Å². The first-order chi connectivity index (χ1) is 7.88. The molecule has 0 fully saturated rings. The van der Waals surface area contributed by atoms with Crippen LogP contribution in [0.25, 0.3) is 0 Å². The molecule has 0 atom stereocenters. The minimum absolute atomic E-state index is 0.736. The van der Waals surface area contributed by atoms with Gasteiger partial charge in [-0.25, -0.2) is 0 Å². The number of aryl methyl sites for hydroxylation is 1. The molecule has 1 aromatic rings. The summed E-state index contributed by atoms with van der Waals surface area (Å²) >= 11 is 0. The third-order valence-corrected chi connectivity index (χ3v) is 2.62. The predicted octanol–water partition coefficient (Wildman–Crippen LogP) is 1.08. The standard InChI is InChI=1S/C12H18N4/c1-2-10-4-7-13-11(8-10)9-16-12-14-5-3-6-15-12/h4,7-8H,2-3,5-6,9H2,1H3,(H2,14,15,16). The molecule has 4 nitrogen and oxygen atoms in total. The Morgan fingerprint density at radius 1 is 1.50 bits per heavy atom. The topological polar surface area (TPSA) is 49.3 Å². The molecular formula is C12H18N4. The van der Waals surface area contributed by atoms with Gasteiger partial charge in [0.1, 0.15) is 0 Å². The molecule has 0 saturated heterocycles. The zero-order chi connectivity index (χ0) is 11.2. The minimum atomic E-state index is 0.736. The Bertz CT molecular complexity index is 373. The lowest BCUT2D eigenvalue weighted by atomic mass is 10.2. The van der Waals surface area contributed by atoms with Gasteiger partial charge in [0.05, 0.1) is 12.2 Å². The van der Waals surface area contributed by atoms with Crippen LogP contribution < -0.4 is 10.6 Å². The Labute approximate surface area is 96.2 Å². The van der Waals surface area contributed by atoms with Crippen molar-refractivity contribution in [1.82, 2.24) is 15.6 Å². The molecule has 0 saturated carbocycles. The highest BCUT2D eigenvalue weighted by Crippen LogP contribution is 2.02. The van der Waals surface area contributed by atoms with Crippen LogP contribution in [0.1, 0.15) is 24.6 Å². The van der Waals surface area contributed by atoms with Crippen LogP contribution in [-0.2, 0) is 13.0 Å². The first kappa shape index (κ1) is 10.9. The molecule has 0 amide bonds. The van der Waals surface area contributed by atoms with Crippen molar-refractivity contribution in [1.29, 1.82) is 0 Å². The quantitative estimate of drug-likeness (QED) is 0.798. The molecule has 2 heterocycles. The molecule has 0 bridgehead atoms. The second-order valence-electron chi connectivity index (χ2n) is 3.87. The fourth-order valence-electron chi connectivity index (χ4n) is 1.67. The maximum Gasteiger partial charge on any atom is 0.191 e. The van der Waals surface area contributed by atoms with Gasteiger partial charge in [0.25, 0.3) is 0 Å². The lowest BCUT2D eigenvalue weighted by Crippen LogP contribution is -2.40. The number of nitrogens with one attached hydrogen (secondary N) is 2. The molecule has 0 aromatic carbocycles. The lowest BCUT2D eigenvalue weighted by molar-refractivity contribution is 0.698. The largest absolute Gasteiger partial charge is 0.356 e. The summed E-state index contributed by atoms with van der Waals surface area (Å²) in [5, 5.41) is 6.49. The van der Waals surface area contributed by atoms with Crippen LogP contribution in [-0.4, -0.2) is 24.0 Å². The predicted molar refractivity (Wildman–Crippen MR) is 65.4 cm³/mol. The van der Waals surface area contributed by atoms with Crippen molar-refractivity contribution in [2.45, 2.75) is 26.3 Å². The van der Waals surface area contributed by atoms with E-state index in [0.717, 1.165) is 44.1 Å². The number of aromatic nitrogens is 1. The van der Waals surface area contributed by atoms with Crippen molar-refractivity contribution < 1.29 is 0 Å². The third kappa shape index (κ3) is 2.95.